The quantitative estimate of drug-likeness (QED) is 0.540. The van der Waals surface area contributed by atoms with Gasteiger partial charge in [0.15, 0.2) is 17.3 Å². The van der Waals surface area contributed by atoms with Crippen LogP contribution in [0.2, 0.25) is 5.02 Å². The molecule has 4 heterocycles. The van der Waals surface area contributed by atoms with E-state index in [4.69, 9.17) is 11.6 Å². The molecule has 0 radical (unpaired) electrons. The van der Waals surface area contributed by atoms with Crippen LogP contribution in [-0.2, 0) is 10.2 Å². The molecule has 4 aromatic heterocycles. The van der Waals surface area contributed by atoms with Gasteiger partial charge in [-0.15, -0.1) is 4.80 Å². The molecule has 9 nitrogen and oxygen atoms in total. The number of nitrogens with zero attached hydrogens (tertiary/aromatic N) is 7. The Labute approximate surface area is 174 Å². The van der Waals surface area contributed by atoms with Gasteiger partial charge < -0.3 is 5.32 Å². The second kappa shape index (κ2) is 6.56. The van der Waals surface area contributed by atoms with E-state index in [1.54, 1.807) is 12.3 Å². The minimum atomic E-state index is -0.492. The molecule has 0 spiro atoms. The molecule has 0 saturated carbocycles. The number of amides is 1. The standard InChI is InChI=1S/C19H16ClFN8O/c1-19(2)6-11(12-8-23-17-14(21)9-26-28(17)15(12)19)18(30)27-10-5-13(20)16(22-7-10)29-24-3-4-25-29/h3-5,7-9,11H,6H2,1-2H3,(H,27,30)/t11-/m1/s1. The number of hydrogen-bond donors (Lipinski definition) is 1. The van der Waals surface area contributed by atoms with Gasteiger partial charge in [-0.05, 0) is 12.5 Å². The van der Waals surface area contributed by atoms with Crippen LogP contribution in [-0.4, -0.2) is 40.5 Å². The molecule has 11 heteroatoms. The fourth-order valence-electron chi connectivity index (χ4n) is 4.00. The summed E-state index contributed by atoms with van der Waals surface area (Å²) in [5.74, 6) is -0.822. The summed E-state index contributed by atoms with van der Waals surface area (Å²) in [5.41, 5.74) is 1.73. The second-order valence-corrected chi connectivity index (χ2v) is 8.18. The maximum Gasteiger partial charge on any atom is 0.232 e. The summed E-state index contributed by atoms with van der Waals surface area (Å²) in [6, 6.07) is 1.59. The van der Waals surface area contributed by atoms with E-state index in [9.17, 15) is 9.18 Å². The van der Waals surface area contributed by atoms with Gasteiger partial charge in [0.05, 0.1) is 47.1 Å². The third-order valence-corrected chi connectivity index (χ3v) is 5.53. The van der Waals surface area contributed by atoms with E-state index < -0.39 is 11.7 Å². The van der Waals surface area contributed by atoms with Crippen LogP contribution in [0.25, 0.3) is 11.5 Å². The maximum atomic E-state index is 13.9. The summed E-state index contributed by atoms with van der Waals surface area (Å²) >= 11 is 6.29. The van der Waals surface area contributed by atoms with Gasteiger partial charge in [-0.25, -0.2) is 18.9 Å². The van der Waals surface area contributed by atoms with Crippen molar-refractivity contribution in [2.24, 2.45) is 0 Å². The molecule has 0 saturated heterocycles. The summed E-state index contributed by atoms with van der Waals surface area (Å²) in [6.07, 6.45) is 7.76. The lowest BCUT2D eigenvalue weighted by Gasteiger charge is -2.19. The molecule has 0 bridgehead atoms. The van der Waals surface area contributed by atoms with Crippen molar-refractivity contribution in [2.45, 2.75) is 31.6 Å². The molecule has 5 rings (SSSR count). The average molecular weight is 427 g/mol. The van der Waals surface area contributed by atoms with Gasteiger partial charge in [0.2, 0.25) is 5.91 Å². The van der Waals surface area contributed by atoms with Crippen molar-refractivity contribution < 1.29 is 9.18 Å². The van der Waals surface area contributed by atoms with Crippen LogP contribution in [0.5, 0.6) is 0 Å². The van der Waals surface area contributed by atoms with E-state index in [0.717, 1.165) is 17.5 Å². The smallest absolute Gasteiger partial charge is 0.232 e. The first kappa shape index (κ1) is 18.6. The van der Waals surface area contributed by atoms with E-state index in [0.29, 0.717) is 22.9 Å². The lowest BCUT2D eigenvalue weighted by Crippen LogP contribution is -2.21. The minimum Gasteiger partial charge on any atom is -0.324 e. The van der Waals surface area contributed by atoms with Crippen LogP contribution in [0, 0.1) is 5.82 Å². The summed E-state index contributed by atoms with van der Waals surface area (Å²) in [5, 5.41) is 15.3. The number of hydrogen-bond acceptors (Lipinski definition) is 6. The van der Waals surface area contributed by atoms with Crippen molar-refractivity contribution in [3.8, 4) is 5.82 Å². The molecule has 0 aromatic carbocycles. The predicted molar refractivity (Wildman–Crippen MR) is 106 cm³/mol. The second-order valence-electron chi connectivity index (χ2n) is 7.77. The maximum absolute atomic E-state index is 13.9. The summed E-state index contributed by atoms with van der Waals surface area (Å²) in [6.45, 7) is 4.00. The molecule has 1 aliphatic carbocycles. The van der Waals surface area contributed by atoms with Crippen molar-refractivity contribution in [2.75, 3.05) is 5.32 Å². The van der Waals surface area contributed by atoms with E-state index in [-0.39, 0.29) is 17.0 Å². The zero-order valence-corrected chi connectivity index (χ0v) is 16.8. The predicted octanol–water partition coefficient (Wildman–Crippen LogP) is 2.90. The van der Waals surface area contributed by atoms with Crippen molar-refractivity contribution in [3.05, 3.63) is 59.1 Å². The topological polar surface area (TPSA) is 103 Å². The fraction of sp³-hybridized carbons (Fsp3) is 0.263. The first-order valence-electron chi connectivity index (χ1n) is 9.21. The highest BCUT2D eigenvalue weighted by Crippen LogP contribution is 2.46. The highest BCUT2D eigenvalue weighted by Gasteiger charge is 2.43. The van der Waals surface area contributed by atoms with Gasteiger partial charge in [0, 0.05) is 17.2 Å². The molecular weight excluding hydrogens is 411 g/mol. The third-order valence-electron chi connectivity index (χ3n) is 5.26. The van der Waals surface area contributed by atoms with E-state index in [1.807, 2.05) is 13.8 Å². The molecule has 1 aliphatic rings. The normalized spacial score (nSPS) is 17.3. The van der Waals surface area contributed by atoms with Crippen molar-refractivity contribution in [1.29, 1.82) is 0 Å². The summed E-state index contributed by atoms with van der Waals surface area (Å²) < 4.78 is 15.4. The monoisotopic (exact) mass is 426 g/mol. The number of aromatic nitrogens is 7. The Kier molecular flexibility index (Phi) is 4.07. The number of rotatable bonds is 3. The van der Waals surface area contributed by atoms with Crippen LogP contribution < -0.4 is 5.32 Å². The van der Waals surface area contributed by atoms with Gasteiger partial charge in [-0.1, -0.05) is 25.4 Å². The molecule has 4 aromatic rings. The molecule has 0 aliphatic heterocycles. The highest BCUT2D eigenvalue weighted by molar-refractivity contribution is 6.32. The molecule has 1 amide bonds. The lowest BCUT2D eigenvalue weighted by molar-refractivity contribution is -0.117. The Morgan fingerprint density at radius 2 is 1.97 bits per heavy atom. The number of carbonyl (C=O) groups is 1. The summed E-state index contributed by atoms with van der Waals surface area (Å²) in [7, 11) is 0. The molecule has 152 valence electrons. The molecule has 0 unspecified atom stereocenters. The van der Waals surface area contributed by atoms with Crippen LogP contribution in [0.4, 0.5) is 10.1 Å². The number of nitrogens with one attached hydrogen (secondary N) is 1. The fourth-order valence-corrected chi connectivity index (χ4v) is 4.24. The van der Waals surface area contributed by atoms with Crippen molar-refractivity contribution in [3.63, 3.8) is 0 Å². The lowest BCUT2D eigenvalue weighted by atomic mass is 9.88. The van der Waals surface area contributed by atoms with Crippen LogP contribution in [0.15, 0.2) is 37.1 Å². The molecule has 0 fully saturated rings. The molecule has 1 atom stereocenters. The minimum absolute atomic E-state index is 0.154. The van der Waals surface area contributed by atoms with E-state index in [1.165, 1.54) is 27.9 Å². The first-order valence-corrected chi connectivity index (χ1v) is 9.58. The van der Waals surface area contributed by atoms with E-state index in [2.05, 4.69) is 30.6 Å². The largest absolute Gasteiger partial charge is 0.324 e. The number of carbonyl (C=O) groups excluding carboxylic acids is 1. The Balaban J connectivity index is 1.46. The van der Waals surface area contributed by atoms with Gasteiger partial charge in [0.25, 0.3) is 0 Å². The number of anilines is 1. The van der Waals surface area contributed by atoms with Gasteiger partial charge in [-0.3, -0.25) is 4.79 Å². The highest BCUT2D eigenvalue weighted by atomic mass is 35.5. The Morgan fingerprint density at radius 1 is 1.20 bits per heavy atom. The van der Waals surface area contributed by atoms with Crippen LogP contribution in [0.3, 0.4) is 0 Å². The van der Waals surface area contributed by atoms with Crippen LogP contribution >= 0.6 is 11.6 Å². The van der Waals surface area contributed by atoms with Crippen LogP contribution in [0.1, 0.15) is 37.4 Å². The van der Waals surface area contributed by atoms with E-state index >= 15 is 0 Å². The molecule has 30 heavy (non-hydrogen) atoms. The van der Waals surface area contributed by atoms with Crippen molar-refractivity contribution in [1.82, 2.24) is 34.6 Å². The average Bonchev–Trinajstić information content (AvgIpc) is 3.41. The first-order chi connectivity index (χ1) is 14.3. The third kappa shape index (κ3) is 2.83. The number of pyridine rings is 1. The number of halogens is 2. The molecular formula is C19H16ClFN8O. The Hall–Kier alpha value is -3.40. The Bertz CT molecular complexity index is 1280. The molecule has 1 N–H and O–H groups in total. The van der Waals surface area contributed by atoms with Crippen molar-refractivity contribution >= 4 is 28.8 Å². The zero-order chi connectivity index (χ0) is 21.0. The van der Waals surface area contributed by atoms with Gasteiger partial charge in [-0.2, -0.15) is 15.3 Å². The zero-order valence-electron chi connectivity index (χ0n) is 16.0. The number of fused-ring (bicyclic) bond motifs is 3. The Morgan fingerprint density at radius 3 is 2.70 bits per heavy atom. The summed E-state index contributed by atoms with van der Waals surface area (Å²) in [4.78, 5) is 22.8. The van der Waals surface area contributed by atoms with Gasteiger partial charge >= 0.3 is 0 Å². The van der Waals surface area contributed by atoms with Gasteiger partial charge in [0.1, 0.15) is 0 Å². The SMILES string of the molecule is CC1(C)C[C@@H](C(=O)Nc2cnc(-n3nccn3)c(Cl)c2)c2cnc3c(F)cnn3c21.